The van der Waals surface area contributed by atoms with Gasteiger partial charge in [-0.1, -0.05) is 19.1 Å². The van der Waals surface area contributed by atoms with Crippen LogP contribution >= 0.6 is 0 Å². The summed E-state index contributed by atoms with van der Waals surface area (Å²) in [7, 11) is 0. The minimum atomic E-state index is -0.852. The molecule has 0 spiro atoms. The normalized spacial score (nSPS) is 15.8. The van der Waals surface area contributed by atoms with Crippen molar-refractivity contribution >= 4 is 5.91 Å². The lowest BCUT2D eigenvalue weighted by Crippen LogP contribution is -2.40. The van der Waals surface area contributed by atoms with Gasteiger partial charge in [0.2, 0.25) is 5.91 Å². The second-order valence-electron chi connectivity index (χ2n) is 4.46. The van der Waals surface area contributed by atoms with Gasteiger partial charge in [0.1, 0.15) is 5.82 Å². The summed E-state index contributed by atoms with van der Waals surface area (Å²) in [6.07, 6.45) is -0.852. The molecule has 5 heteroatoms. The maximum Gasteiger partial charge on any atom is 0.224 e. The molecule has 1 rings (SSSR count). The third kappa shape index (κ3) is 4.09. The van der Waals surface area contributed by atoms with Gasteiger partial charge < -0.3 is 16.2 Å². The van der Waals surface area contributed by atoms with Crippen molar-refractivity contribution in [2.24, 2.45) is 11.7 Å². The van der Waals surface area contributed by atoms with Crippen LogP contribution in [0.5, 0.6) is 0 Å². The molecular weight excluding hydrogens is 235 g/mol. The fourth-order valence-corrected chi connectivity index (χ4v) is 1.40. The number of aliphatic hydroxyl groups is 1. The lowest BCUT2D eigenvalue weighted by Gasteiger charge is -2.17. The lowest BCUT2D eigenvalue weighted by atomic mass is 10.0. The summed E-state index contributed by atoms with van der Waals surface area (Å²) in [5.74, 6) is -0.878. The quantitative estimate of drug-likeness (QED) is 0.732. The predicted octanol–water partition coefficient (Wildman–Crippen LogP) is 0.959. The Morgan fingerprint density at radius 2 is 1.94 bits per heavy atom. The number of rotatable bonds is 5. The molecule has 1 aromatic rings. The molecule has 0 fully saturated rings. The minimum absolute atomic E-state index is 0.0848. The van der Waals surface area contributed by atoms with E-state index < -0.39 is 6.10 Å². The first-order chi connectivity index (χ1) is 8.41. The predicted molar refractivity (Wildman–Crippen MR) is 67.2 cm³/mol. The average molecular weight is 254 g/mol. The first kappa shape index (κ1) is 14.6. The fraction of sp³-hybridized carbons (Fsp3) is 0.462. The average Bonchev–Trinajstić information content (AvgIpc) is 2.35. The molecular formula is C13H19FN2O2. The molecule has 100 valence electrons. The first-order valence-corrected chi connectivity index (χ1v) is 5.88. The van der Waals surface area contributed by atoms with Gasteiger partial charge in [-0.15, -0.1) is 0 Å². The highest BCUT2D eigenvalue weighted by Crippen LogP contribution is 2.12. The monoisotopic (exact) mass is 254 g/mol. The van der Waals surface area contributed by atoms with Crippen molar-refractivity contribution in [1.82, 2.24) is 5.32 Å². The number of carbonyl (C=O) groups is 1. The summed E-state index contributed by atoms with van der Waals surface area (Å²) in [5.41, 5.74) is 6.17. The van der Waals surface area contributed by atoms with Gasteiger partial charge in [0.25, 0.3) is 0 Å². The van der Waals surface area contributed by atoms with E-state index in [1.54, 1.807) is 13.8 Å². The summed E-state index contributed by atoms with van der Waals surface area (Å²) in [4.78, 5) is 11.6. The molecule has 4 nitrogen and oxygen atoms in total. The van der Waals surface area contributed by atoms with Crippen LogP contribution in [-0.4, -0.2) is 23.6 Å². The largest absolute Gasteiger partial charge is 0.387 e. The fourth-order valence-electron chi connectivity index (χ4n) is 1.40. The van der Waals surface area contributed by atoms with Gasteiger partial charge >= 0.3 is 0 Å². The molecule has 0 aliphatic rings. The van der Waals surface area contributed by atoms with Gasteiger partial charge in [0, 0.05) is 18.5 Å². The van der Waals surface area contributed by atoms with Crippen LogP contribution in [0.15, 0.2) is 24.3 Å². The van der Waals surface area contributed by atoms with Crippen molar-refractivity contribution in [3.63, 3.8) is 0 Å². The number of aliphatic hydroxyl groups excluding tert-OH is 1. The molecule has 0 saturated heterocycles. The molecule has 3 unspecified atom stereocenters. The zero-order valence-electron chi connectivity index (χ0n) is 10.6. The van der Waals surface area contributed by atoms with Crippen molar-refractivity contribution in [2.75, 3.05) is 6.54 Å². The van der Waals surface area contributed by atoms with Crippen LogP contribution in [0.4, 0.5) is 4.39 Å². The molecule has 0 bridgehead atoms. The number of nitrogens with two attached hydrogens (primary N) is 1. The van der Waals surface area contributed by atoms with E-state index in [1.165, 1.54) is 24.3 Å². The molecule has 0 aliphatic carbocycles. The summed E-state index contributed by atoms with van der Waals surface area (Å²) in [5, 5.41) is 12.4. The number of hydrogen-bond donors (Lipinski definition) is 3. The van der Waals surface area contributed by atoms with Gasteiger partial charge in [0.05, 0.1) is 6.10 Å². The molecule has 1 amide bonds. The van der Waals surface area contributed by atoms with Crippen LogP contribution in [0.2, 0.25) is 0 Å². The minimum Gasteiger partial charge on any atom is -0.387 e. The second kappa shape index (κ2) is 6.47. The molecule has 3 atom stereocenters. The van der Waals surface area contributed by atoms with E-state index in [0.29, 0.717) is 5.56 Å². The van der Waals surface area contributed by atoms with E-state index in [9.17, 15) is 14.3 Å². The number of amides is 1. The Morgan fingerprint density at radius 3 is 2.44 bits per heavy atom. The summed E-state index contributed by atoms with van der Waals surface area (Å²) >= 11 is 0. The number of hydrogen-bond acceptors (Lipinski definition) is 3. The molecule has 0 radical (unpaired) electrons. The van der Waals surface area contributed by atoms with Crippen molar-refractivity contribution in [3.8, 4) is 0 Å². The van der Waals surface area contributed by atoms with E-state index in [0.717, 1.165) is 0 Å². The molecule has 0 aliphatic heterocycles. The third-order valence-electron chi connectivity index (χ3n) is 2.93. The van der Waals surface area contributed by atoms with Crippen LogP contribution in [0.1, 0.15) is 25.5 Å². The molecule has 0 aromatic heterocycles. The van der Waals surface area contributed by atoms with Gasteiger partial charge in [-0.25, -0.2) is 4.39 Å². The number of nitrogens with one attached hydrogen (secondary N) is 1. The topological polar surface area (TPSA) is 75.4 Å². The zero-order valence-corrected chi connectivity index (χ0v) is 10.6. The van der Waals surface area contributed by atoms with E-state index in [-0.39, 0.29) is 30.2 Å². The van der Waals surface area contributed by atoms with E-state index in [2.05, 4.69) is 5.32 Å². The molecule has 18 heavy (non-hydrogen) atoms. The summed E-state index contributed by atoms with van der Waals surface area (Å²) in [6.45, 7) is 3.56. The van der Waals surface area contributed by atoms with Crippen LogP contribution in [0, 0.1) is 11.7 Å². The van der Waals surface area contributed by atoms with E-state index >= 15 is 0 Å². The summed E-state index contributed by atoms with van der Waals surface area (Å²) < 4.78 is 12.7. The Morgan fingerprint density at radius 1 is 1.39 bits per heavy atom. The maximum absolute atomic E-state index is 12.7. The van der Waals surface area contributed by atoms with E-state index in [4.69, 9.17) is 5.73 Å². The lowest BCUT2D eigenvalue weighted by molar-refractivity contribution is -0.125. The molecule has 4 N–H and O–H groups in total. The van der Waals surface area contributed by atoms with Gasteiger partial charge in [0.15, 0.2) is 0 Å². The highest BCUT2D eigenvalue weighted by Gasteiger charge is 2.18. The Labute approximate surface area is 106 Å². The van der Waals surface area contributed by atoms with Crippen LogP contribution in [-0.2, 0) is 4.79 Å². The Balaban J connectivity index is 2.48. The SMILES string of the molecule is CC(N)C(C)C(=O)NCC(O)c1ccc(F)cc1. The Hall–Kier alpha value is -1.46. The molecule has 1 aromatic carbocycles. The standard InChI is InChI=1S/C13H19FN2O2/c1-8(9(2)15)13(18)16-7-12(17)10-3-5-11(14)6-4-10/h3-6,8-9,12,17H,7,15H2,1-2H3,(H,16,18). The van der Waals surface area contributed by atoms with Crippen LogP contribution in [0.25, 0.3) is 0 Å². The van der Waals surface area contributed by atoms with Crippen molar-refractivity contribution in [1.29, 1.82) is 0 Å². The van der Waals surface area contributed by atoms with Crippen molar-refractivity contribution < 1.29 is 14.3 Å². The Bertz CT molecular complexity index is 392. The van der Waals surface area contributed by atoms with Crippen molar-refractivity contribution in [3.05, 3.63) is 35.6 Å². The van der Waals surface area contributed by atoms with Crippen LogP contribution in [0.3, 0.4) is 0 Å². The zero-order chi connectivity index (χ0) is 13.7. The van der Waals surface area contributed by atoms with E-state index in [1.807, 2.05) is 0 Å². The molecule has 0 saturated carbocycles. The smallest absolute Gasteiger partial charge is 0.224 e. The third-order valence-corrected chi connectivity index (χ3v) is 2.93. The number of benzene rings is 1. The number of carbonyl (C=O) groups excluding carboxylic acids is 1. The maximum atomic E-state index is 12.7. The van der Waals surface area contributed by atoms with Gasteiger partial charge in [-0.3, -0.25) is 4.79 Å². The van der Waals surface area contributed by atoms with Crippen molar-refractivity contribution in [2.45, 2.75) is 26.0 Å². The number of halogens is 1. The van der Waals surface area contributed by atoms with Gasteiger partial charge in [-0.05, 0) is 24.6 Å². The highest BCUT2D eigenvalue weighted by molar-refractivity contribution is 5.78. The van der Waals surface area contributed by atoms with Gasteiger partial charge in [-0.2, -0.15) is 0 Å². The Kier molecular flexibility index (Phi) is 5.25. The van der Waals surface area contributed by atoms with Crippen LogP contribution < -0.4 is 11.1 Å². The molecule has 0 heterocycles. The summed E-state index contributed by atoms with van der Waals surface area (Å²) in [6, 6.07) is 5.27. The second-order valence-corrected chi connectivity index (χ2v) is 4.46. The highest BCUT2D eigenvalue weighted by atomic mass is 19.1. The first-order valence-electron chi connectivity index (χ1n) is 5.88.